The van der Waals surface area contributed by atoms with Gasteiger partial charge in [0.2, 0.25) is 0 Å². The summed E-state index contributed by atoms with van der Waals surface area (Å²) >= 11 is 0. The molecule has 3 nitrogen and oxygen atoms in total. The summed E-state index contributed by atoms with van der Waals surface area (Å²) in [7, 11) is 0. The molecule has 2 aromatic rings. The topological polar surface area (TPSA) is 41.8 Å². The van der Waals surface area contributed by atoms with Gasteiger partial charge in [0.1, 0.15) is 12.4 Å². The maximum atomic E-state index is 8.92. The van der Waals surface area contributed by atoms with Gasteiger partial charge in [0.25, 0.3) is 0 Å². The lowest BCUT2D eigenvalue weighted by Gasteiger charge is -2.11. The second kappa shape index (κ2) is 6.05. The van der Waals surface area contributed by atoms with Crippen LogP contribution in [0.5, 0.6) is 5.75 Å². The molecular formula is C16H17NO2. The molecule has 0 bridgehead atoms. The summed E-state index contributed by atoms with van der Waals surface area (Å²) in [5, 5.41) is 12.2. The van der Waals surface area contributed by atoms with Crippen molar-refractivity contribution in [2.24, 2.45) is 5.16 Å². The van der Waals surface area contributed by atoms with Gasteiger partial charge in [0.15, 0.2) is 0 Å². The molecule has 0 aliphatic heterocycles. The number of benzene rings is 2. The van der Waals surface area contributed by atoms with Crippen molar-refractivity contribution in [1.29, 1.82) is 0 Å². The summed E-state index contributed by atoms with van der Waals surface area (Å²) in [6, 6.07) is 15.8. The van der Waals surface area contributed by atoms with Crippen LogP contribution in [0.3, 0.4) is 0 Å². The molecule has 0 saturated heterocycles. The minimum absolute atomic E-state index is 0.496. The minimum Gasteiger partial charge on any atom is -0.488 e. The van der Waals surface area contributed by atoms with E-state index in [2.05, 4.69) is 5.16 Å². The Labute approximate surface area is 113 Å². The highest BCUT2D eigenvalue weighted by atomic mass is 16.5. The van der Waals surface area contributed by atoms with Crippen molar-refractivity contribution in [2.45, 2.75) is 20.5 Å². The Bertz CT molecular complexity index is 577. The maximum Gasteiger partial charge on any atom is 0.128 e. The highest BCUT2D eigenvalue weighted by Gasteiger charge is 2.08. The van der Waals surface area contributed by atoms with Crippen molar-refractivity contribution < 1.29 is 9.94 Å². The van der Waals surface area contributed by atoms with Gasteiger partial charge in [-0.25, -0.2) is 0 Å². The first-order chi connectivity index (χ1) is 9.20. The molecule has 2 aromatic carbocycles. The van der Waals surface area contributed by atoms with Crippen molar-refractivity contribution in [3.05, 3.63) is 65.2 Å². The smallest absolute Gasteiger partial charge is 0.128 e. The van der Waals surface area contributed by atoms with Crippen molar-refractivity contribution in [2.75, 3.05) is 0 Å². The first kappa shape index (κ1) is 13.1. The molecule has 0 heterocycles. The van der Waals surface area contributed by atoms with Crippen LogP contribution >= 0.6 is 0 Å². The van der Waals surface area contributed by atoms with E-state index < -0.39 is 0 Å². The highest BCUT2D eigenvalue weighted by molar-refractivity contribution is 6.00. The molecule has 0 aromatic heterocycles. The molecule has 0 saturated carbocycles. The molecule has 0 amide bonds. The van der Waals surface area contributed by atoms with Gasteiger partial charge in [0.05, 0.1) is 5.71 Å². The van der Waals surface area contributed by atoms with Crippen molar-refractivity contribution >= 4 is 5.71 Å². The SMILES string of the molecule is C/C(=N\O)c1cc(C)ccc1OCc1ccccc1. The normalized spacial score (nSPS) is 11.4. The van der Waals surface area contributed by atoms with E-state index in [1.165, 1.54) is 0 Å². The zero-order chi connectivity index (χ0) is 13.7. The van der Waals surface area contributed by atoms with Crippen LogP contribution in [-0.2, 0) is 6.61 Å². The average Bonchev–Trinajstić information content (AvgIpc) is 2.46. The Morgan fingerprint density at radius 2 is 1.89 bits per heavy atom. The van der Waals surface area contributed by atoms with E-state index in [0.717, 1.165) is 22.4 Å². The van der Waals surface area contributed by atoms with Crippen LogP contribution in [-0.4, -0.2) is 10.9 Å². The first-order valence-electron chi connectivity index (χ1n) is 6.17. The van der Waals surface area contributed by atoms with Gasteiger partial charge in [0, 0.05) is 5.56 Å². The van der Waals surface area contributed by atoms with Crippen molar-refractivity contribution in [1.82, 2.24) is 0 Å². The molecule has 98 valence electrons. The number of ether oxygens (including phenoxy) is 1. The van der Waals surface area contributed by atoms with E-state index in [0.29, 0.717) is 12.3 Å². The van der Waals surface area contributed by atoms with Gasteiger partial charge in [-0.05, 0) is 31.5 Å². The first-order valence-corrected chi connectivity index (χ1v) is 6.17. The van der Waals surface area contributed by atoms with Gasteiger partial charge < -0.3 is 9.94 Å². The standard InChI is InChI=1S/C16H17NO2/c1-12-8-9-16(15(10-12)13(2)17-18)19-11-14-6-4-3-5-7-14/h3-10,18H,11H2,1-2H3/b17-13+. The fraction of sp³-hybridized carbons (Fsp3) is 0.188. The number of oxime groups is 1. The Morgan fingerprint density at radius 3 is 2.58 bits per heavy atom. The van der Waals surface area contributed by atoms with Crippen LogP contribution in [0.2, 0.25) is 0 Å². The molecule has 1 N–H and O–H groups in total. The van der Waals surface area contributed by atoms with Gasteiger partial charge in [-0.2, -0.15) is 0 Å². The predicted molar refractivity (Wildman–Crippen MR) is 76.0 cm³/mol. The van der Waals surface area contributed by atoms with Crippen LogP contribution in [0.1, 0.15) is 23.6 Å². The number of rotatable bonds is 4. The van der Waals surface area contributed by atoms with E-state index in [1.54, 1.807) is 6.92 Å². The lowest BCUT2D eigenvalue weighted by molar-refractivity contribution is 0.303. The van der Waals surface area contributed by atoms with Crippen LogP contribution < -0.4 is 4.74 Å². The van der Waals surface area contributed by atoms with Crippen molar-refractivity contribution in [3.63, 3.8) is 0 Å². The third kappa shape index (κ3) is 3.35. The molecule has 3 heteroatoms. The number of aryl methyl sites for hydroxylation is 1. The van der Waals surface area contributed by atoms with E-state index >= 15 is 0 Å². The molecule has 2 rings (SSSR count). The lowest BCUT2D eigenvalue weighted by Crippen LogP contribution is -2.03. The molecule has 0 aliphatic carbocycles. The third-order valence-electron chi connectivity index (χ3n) is 2.91. The second-order valence-corrected chi connectivity index (χ2v) is 4.46. The molecule has 0 spiro atoms. The zero-order valence-electron chi connectivity index (χ0n) is 11.1. The minimum atomic E-state index is 0.496. The summed E-state index contributed by atoms with van der Waals surface area (Å²) < 4.78 is 5.81. The summed E-state index contributed by atoms with van der Waals surface area (Å²) in [5.41, 5.74) is 3.57. The average molecular weight is 255 g/mol. The van der Waals surface area contributed by atoms with E-state index in [-0.39, 0.29) is 0 Å². The zero-order valence-corrected chi connectivity index (χ0v) is 11.1. The van der Waals surface area contributed by atoms with Crippen LogP contribution in [0.15, 0.2) is 53.7 Å². The highest BCUT2D eigenvalue weighted by Crippen LogP contribution is 2.22. The van der Waals surface area contributed by atoms with E-state index in [4.69, 9.17) is 9.94 Å². The van der Waals surface area contributed by atoms with Gasteiger partial charge in [-0.3, -0.25) is 0 Å². The summed E-state index contributed by atoms with van der Waals surface area (Å²) in [6.07, 6.45) is 0. The Balaban J connectivity index is 2.20. The van der Waals surface area contributed by atoms with Crippen LogP contribution in [0.25, 0.3) is 0 Å². The van der Waals surface area contributed by atoms with Crippen molar-refractivity contribution in [3.8, 4) is 5.75 Å². The predicted octanol–water partition coefficient (Wildman–Crippen LogP) is 3.77. The van der Waals surface area contributed by atoms with Gasteiger partial charge in [-0.15, -0.1) is 0 Å². The summed E-state index contributed by atoms with van der Waals surface area (Å²) in [4.78, 5) is 0. The number of nitrogens with zero attached hydrogens (tertiary/aromatic N) is 1. The largest absolute Gasteiger partial charge is 0.488 e. The van der Waals surface area contributed by atoms with E-state index in [9.17, 15) is 0 Å². The fourth-order valence-corrected chi connectivity index (χ4v) is 1.84. The summed E-state index contributed by atoms with van der Waals surface area (Å²) in [5.74, 6) is 0.727. The van der Waals surface area contributed by atoms with Gasteiger partial charge in [-0.1, -0.05) is 47.1 Å². The second-order valence-electron chi connectivity index (χ2n) is 4.46. The number of hydrogen-bond donors (Lipinski definition) is 1. The molecule has 0 unspecified atom stereocenters. The van der Waals surface area contributed by atoms with Gasteiger partial charge >= 0.3 is 0 Å². The van der Waals surface area contributed by atoms with E-state index in [1.807, 2.05) is 55.5 Å². The molecule has 0 aliphatic rings. The molecule has 19 heavy (non-hydrogen) atoms. The molecule has 0 atom stereocenters. The lowest BCUT2D eigenvalue weighted by atomic mass is 10.1. The Morgan fingerprint density at radius 1 is 1.16 bits per heavy atom. The fourth-order valence-electron chi connectivity index (χ4n) is 1.84. The summed E-state index contributed by atoms with van der Waals surface area (Å²) in [6.45, 7) is 4.24. The number of hydrogen-bond acceptors (Lipinski definition) is 3. The molecule has 0 radical (unpaired) electrons. The van der Waals surface area contributed by atoms with Crippen LogP contribution in [0.4, 0.5) is 0 Å². The monoisotopic (exact) mass is 255 g/mol. The maximum absolute atomic E-state index is 8.92. The quantitative estimate of drug-likeness (QED) is 0.513. The Kier molecular flexibility index (Phi) is 4.18. The molecule has 0 fully saturated rings. The Hall–Kier alpha value is -2.29. The van der Waals surface area contributed by atoms with Crippen LogP contribution in [0, 0.1) is 6.92 Å². The third-order valence-corrected chi connectivity index (χ3v) is 2.91. The molecular weight excluding hydrogens is 238 g/mol.